The first-order valence-corrected chi connectivity index (χ1v) is 5.35. The van der Waals surface area contributed by atoms with Gasteiger partial charge in [0, 0.05) is 12.4 Å². The van der Waals surface area contributed by atoms with Crippen LogP contribution in [0.25, 0.3) is 0 Å². The summed E-state index contributed by atoms with van der Waals surface area (Å²) in [6, 6.07) is 6.80. The second-order valence-electron chi connectivity index (χ2n) is 3.50. The molecule has 0 amide bonds. The first-order chi connectivity index (χ1) is 8.79. The van der Waals surface area contributed by atoms with Crippen LogP contribution in [0.4, 0.5) is 0 Å². The van der Waals surface area contributed by atoms with Gasteiger partial charge in [-0.2, -0.15) is 0 Å². The molecule has 2 aromatic rings. The van der Waals surface area contributed by atoms with E-state index >= 15 is 0 Å². The number of hydrogen-bond acceptors (Lipinski definition) is 5. The molecule has 1 aromatic heterocycles. The van der Waals surface area contributed by atoms with Crippen molar-refractivity contribution in [1.82, 2.24) is 9.97 Å². The van der Waals surface area contributed by atoms with Crippen LogP contribution in [-0.4, -0.2) is 23.0 Å². The third-order valence-corrected chi connectivity index (χ3v) is 2.26. The third-order valence-electron chi connectivity index (χ3n) is 2.26. The minimum Gasteiger partial charge on any atom is -0.487 e. The Morgan fingerprint density at radius 3 is 2.94 bits per heavy atom. The van der Waals surface area contributed by atoms with Crippen molar-refractivity contribution in [2.75, 3.05) is 7.11 Å². The number of methoxy groups -OCH3 is 1. The lowest BCUT2D eigenvalue weighted by Crippen LogP contribution is -2.02. The quantitative estimate of drug-likeness (QED) is 0.768. The van der Waals surface area contributed by atoms with Crippen LogP contribution in [0.1, 0.15) is 16.1 Å². The summed E-state index contributed by atoms with van der Waals surface area (Å²) < 4.78 is 10.2. The number of aromatic nitrogens is 2. The SMILES string of the molecule is COC(=O)c1cccc(OCc2cnccn2)c1. The number of hydrogen-bond donors (Lipinski definition) is 0. The minimum atomic E-state index is -0.389. The lowest BCUT2D eigenvalue weighted by molar-refractivity contribution is 0.0600. The van der Waals surface area contributed by atoms with Crippen molar-refractivity contribution in [2.45, 2.75) is 6.61 Å². The van der Waals surface area contributed by atoms with Crippen molar-refractivity contribution >= 4 is 5.97 Å². The largest absolute Gasteiger partial charge is 0.487 e. The smallest absolute Gasteiger partial charge is 0.337 e. The Hall–Kier alpha value is -2.43. The lowest BCUT2D eigenvalue weighted by atomic mass is 10.2. The van der Waals surface area contributed by atoms with Gasteiger partial charge in [0.05, 0.1) is 24.6 Å². The predicted molar refractivity (Wildman–Crippen MR) is 64.1 cm³/mol. The van der Waals surface area contributed by atoms with E-state index in [9.17, 15) is 4.79 Å². The number of carbonyl (C=O) groups is 1. The van der Waals surface area contributed by atoms with E-state index in [1.54, 1.807) is 42.9 Å². The maximum Gasteiger partial charge on any atom is 0.337 e. The van der Waals surface area contributed by atoms with Crippen LogP contribution in [0, 0.1) is 0 Å². The van der Waals surface area contributed by atoms with Gasteiger partial charge in [0.25, 0.3) is 0 Å². The first-order valence-electron chi connectivity index (χ1n) is 5.35. The summed E-state index contributed by atoms with van der Waals surface area (Å²) in [5, 5.41) is 0. The second kappa shape index (κ2) is 5.77. The van der Waals surface area contributed by atoms with Gasteiger partial charge in [-0.1, -0.05) is 6.07 Å². The second-order valence-corrected chi connectivity index (χ2v) is 3.50. The van der Waals surface area contributed by atoms with E-state index in [2.05, 4.69) is 14.7 Å². The lowest BCUT2D eigenvalue weighted by Gasteiger charge is -2.06. The number of nitrogens with zero attached hydrogens (tertiary/aromatic N) is 2. The van der Waals surface area contributed by atoms with E-state index in [0.717, 1.165) is 5.69 Å². The Labute approximate surface area is 104 Å². The molecule has 2 rings (SSSR count). The van der Waals surface area contributed by atoms with Gasteiger partial charge in [-0.25, -0.2) is 4.79 Å². The highest BCUT2D eigenvalue weighted by Crippen LogP contribution is 2.15. The van der Waals surface area contributed by atoms with E-state index < -0.39 is 0 Å². The summed E-state index contributed by atoms with van der Waals surface area (Å²) in [6.07, 6.45) is 4.83. The molecule has 0 saturated carbocycles. The molecule has 0 saturated heterocycles. The van der Waals surface area contributed by atoms with Crippen LogP contribution in [0.5, 0.6) is 5.75 Å². The summed E-state index contributed by atoms with van der Waals surface area (Å²) >= 11 is 0. The number of carbonyl (C=O) groups excluding carboxylic acids is 1. The molecule has 1 heterocycles. The number of ether oxygens (including phenoxy) is 2. The van der Waals surface area contributed by atoms with E-state index in [0.29, 0.717) is 17.9 Å². The van der Waals surface area contributed by atoms with E-state index in [4.69, 9.17) is 4.74 Å². The minimum absolute atomic E-state index is 0.304. The molecule has 0 aliphatic rings. The highest BCUT2D eigenvalue weighted by Gasteiger charge is 2.06. The van der Waals surface area contributed by atoms with Gasteiger partial charge in [-0.15, -0.1) is 0 Å². The Morgan fingerprint density at radius 1 is 1.33 bits per heavy atom. The topological polar surface area (TPSA) is 61.3 Å². The van der Waals surface area contributed by atoms with Crippen LogP contribution in [0.3, 0.4) is 0 Å². The Balaban J connectivity index is 2.04. The van der Waals surface area contributed by atoms with Gasteiger partial charge < -0.3 is 9.47 Å². The molecule has 1 aromatic carbocycles. The zero-order valence-corrected chi connectivity index (χ0v) is 9.87. The zero-order chi connectivity index (χ0) is 12.8. The molecular weight excluding hydrogens is 232 g/mol. The summed E-state index contributed by atoms with van der Waals surface area (Å²) in [5.41, 5.74) is 1.18. The molecule has 5 heteroatoms. The maximum absolute atomic E-state index is 11.3. The first kappa shape index (κ1) is 12.0. The van der Waals surface area contributed by atoms with Crippen LogP contribution < -0.4 is 4.74 Å². The summed E-state index contributed by atoms with van der Waals surface area (Å²) in [4.78, 5) is 19.4. The van der Waals surface area contributed by atoms with E-state index in [-0.39, 0.29) is 5.97 Å². The normalized spacial score (nSPS) is 9.83. The van der Waals surface area contributed by atoms with Gasteiger partial charge in [0.2, 0.25) is 0 Å². The summed E-state index contributed by atoms with van der Waals surface area (Å²) in [7, 11) is 1.34. The molecule has 0 radical (unpaired) electrons. The fourth-order valence-corrected chi connectivity index (χ4v) is 1.39. The average molecular weight is 244 g/mol. The molecule has 92 valence electrons. The van der Waals surface area contributed by atoms with Crippen molar-refractivity contribution in [2.24, 2.45) is 0 Å². The molecular formula is C13H12N2O3. The number of esters is 1. The Morgan fingerprint density at radius 2 is 2.22 bits per heavy atom. The fourth-order valence-electron chi connectivity index (χ4n) is 1.39. The summed E-state index contributed by atoms with van der Waals surface area (Å²) in [5.74, 6) is 0.198. The third kappa shape index (κ3) is 3.04. The molecule has 0 bridgehead atoms. The fraction of sp³-hybridized carbons (Fsp3) is 0.154. The van der Waals surface area contributed by atoms with Crippen molar-refractivity contribution < 1.29 is 14.3 Å². The Kier molecular flexibility index (Phi) is 3.86. The van der Waals surface area contributed by atoms with E-state index in [1.807, 2.05) is 0 Å². The van der Waals surface area contributed by atoms with Crippen LogP contribution in [-0.2, 0) is 11.3 Å². The van der Waals surface area contributed by atoms with Crippen LogP contribution in [0.2, 0.25) is 0 Å². The van der Waals surface area contributed by atoms with Gasteiger partial charge in [-0.05, 0) is 18.2 Å². The number of benzene rings is 1. The van der Waals surface area contributed by atoms with Crippen LogP contribution in [0.15, 0.2) is 42.9 Å². The highest BCUT2D eigenvalue weighted by molar-refractivity contribution is 5.89. The van der Waals surface area contributed by atoms with Gasteiger partial charge >= 0.3 is 5.97 Å². The molecule has 0 atom stereocenters. The summed E-state index contributed by atoms with van der Waals surface area (Å²) in [6.45, 7) is 0.304. The molecule has 5 nitrogen and oxygen atoms in total. The highest BCUT2D eigenvalue weighted by atomic mass is 16.5. The van der Waals surface area contributed by atoms with Crippen molar-refractivity contribution in [1.29, 1.82) is 0 Å². The van der Waals surface area contributed by atoms with Crippen molar-refractivity contribution in [3.63, 3.8) is 0 Å². The predicted octanol–water partition coefficient (Wildman–Crippen LogP) is 1.84. The molecule has 0 fully saturated rings. The van der Waals surface area contributed by atoms with E-state index in [1.165, 1.54) is 7.11 Å². The van der Waals surface area contributed by atoms with Gasteiger partial charge in [0.15, 0.2) is 0 Å². The number of rotatable bonds is 4. The van der Waals surface area contributed by atoms with Gasteiger partial charge in [0.1, 0.15) is 12.4 Å². The Bertz CT molecular complexity index is 529. The standard InChI is InChI=1S/C13H12N2O3/c1-17-13(16)10-3-2-4-12(7-10)18-9-11-8-14-5-6-15-11/h2-8H,9H2,1H3. The molecule has 0 unspecified atom stereocenters. The van der Waals surface area contributed by atoms with Crippen molar-refractivity contribution in [3.8, 4) is 5.75 Å². The average Bonchev–Trinajstić information content (AvgIpc) is 2.45. The molecule has 0 aliphatic heterocycles. The molecule has 0 aliphatic carbocycles. The molecule has 0 spiro atoms. The van der Waals surface area contributed by atoms with Crippen molar-refractivity contribution in [3.05, 3.63) is 54.1 Å². The molecule has 18 heavy (non-hydrogen) atoms. The van der Waals surface area contributed by atoms with Crippen LogP contribution >= 0.6 is 0 Å². The maximum atomic E-state index is 11.3. The zero-order valence-electron chi connectivity index (χ0n) is 9.87. The monoisotopic (exact) mass is 244 g/mol. The van der Waals surface area contributed by atoms with Gasteiger partial charge in [-0.3, -0.25) is 9.97 Å². The molecule has 0 N–H and O–H groups in total.